The zero-order chi connectivity index (χ0) is 26.9. The van der Waals surface area contributed by atoms with Crippen molar-refractivity contribution in [3.63, 3.8) is 0 Å². The van der Waals surface area contributed by atoms with Crippen molar-refractivity contribution in [1.82, 2.24) is 4.90 Å². The highest BCUT2D eigenvalue weighted by atomic mass is 35.5. The molecule has 1 fully saturated rings. The number of amides is 3. The van der Waals surface area contributed by atoms with Crippen LogP contribution in [0.3, 0.4) is 0 Å². The number of rotatable bonds is 11. The number of benzene rings is 3. The van der Waals surface area contributed by atoms with Crippen LogP contribution in [-0.2, 0) is 9.59 Å². The quantitative estimate of drug-likeness (QED) is 0.297. The molecule has 0 unspecified atom stereocenters. The summed E-state index contributed by atoms with van der Waals surface area (Å²) in [7, 11) is 0. The number of halogens is 1. The molecule has 10 heteroatoms. The molecule has 0 aliphatic carbocycles. The molecule has 1 N–H and O–H groups in total. The van der Waals surface area contributed by atoms with E-state index in [1.807, 2.05) is 25.1 Å². The first-order valence-corrected chi connectivity index (χ1v) is 13.0. The van der Waals surface area contributed by atoms with Crippen molar-refractivity contribution in [3.05, 3.63) is 88.3 Å². The highest BCUT2D eigenvalue weighted by Gasteiger charge is 2.34. The number of para-hydroxylation sites is 1. The molecule has 3 aromatic carbocycles. The molecule has 1 aliphatic rings. The van der Waals surface area contributed by atoms with Crippen LogP contribution in [0.1, 0.15) is 12.5 Å². The summed E-state index contributed by atoms with van der Waals surface area (Å²) in [5, 5.41) is 2.98. The molecule has 0 aromatic heterocycles. The van der Waals surface area contributed by atoms with Gasteiger partial charge < -0.3 is 19.5 Å². The second kappa shape index (κ2) is 13.0. The van der Waals surface area contributed by atoms with Crippen molar-refractivity contribution in [2.24, 2.45) is 0 Å². The third kappa shape index (κ3) is 7.30. The van der Waals surface area contributed by atoms with Gasteiger partial charge in [-0.25, -0.2) is 0 Å². The van der Waals surface area contributed by atoms with E-state index in [9.17, 15) is 14.4 Å². The fraction of sp³-hybridized carbons (Fsp3) is 0.179. The van der Waals surface area contributed by atoms with E-state index in [1.165, 1.54) is 0 Å². The van der Waals surface area contributed by atoms with Gasteiger partial charge in [-0.05, 0) is 78.9 Å². The molecule has 38 heavy (non-hydrogen) atoms. The number of nitrogens with one attached hydrogen (secondary N) is 1. The Morgan fingerprint density at radius 3 is 2.47 bits per heavy atom. The number of thioether (sulfide) groups is 1. The Bertz CT molecular complexity index is 1330. The molecule has 0 atom stereocenters. The van der Waals surface area contributed by atoms with Crippen molar-refractivity contribution < 1.29 is 28.6 Å². The fourth-order valence-electron chi connectivity index (χ4n) is 3.49. The number of nitrogens with zero attached hydrogens (tertiary/aromatic N) is 1. The van der Waals surface area contributed by atoms with Crippen LogP contribution < -0.4 is 19.5 Å². The molecule has 1 heterocycles. The van der Waals surface area contributed by atoms with Crippen LogP contribution in [0.4, 0.5) is 10.5 Å². The van der Waals surface area contributed by atoms with Crippen LogP contribution >= 0.6 is 23.4 Å². The van der Waals surface area contributed by atoms with Gasteiger partial charge in [0.1, 0.15) is 12.4 Å². The molecule has 3 aromatic rings. The zero-order valence-electron chi connectivity index (χ0n) is 20.5. The van der Waals surface area contributed by atoms with Gasteiger partial charge in [-0.2, -0.15) is 0 Å². The van der Waals surface area contributed by atoms with Gasteiger partial charge in [-0.3, -0.25) is 19.3 Å². The van der Waals surface area contributed by atoms with Crippen LogP contribution in [0, 0.1) is 0 Å². The number of carbonyl (C=O) groups excluding carboxylic acids is 3. The van der Waals surface area contributed by atoms with E-state index >= 15 is 0 Å². The highest BCUT2D eigenvalue weighted by molar-refractivity contribution is 8.18. The van der Waals surface area contributed by atoms with Crippen LogP contribution in [0.2, 0.25) is 5.02 Å². The van der Waals surface area contributed by atoms with Gasteiger partial charge in [0, 0.05) is 10.7 Å². The van der Waals surface area contributed by atoms with E-state index in [0.717, 1.165) is 16.7 Å². The Morgan fingerprint density at radius 2 is 1.74 bits per heavy atom. The first-order chi connectivity index (χ1) is 18.4. The zero-order valence-corrected chi connectivity index (χ0v) is 22.1. The first-order valence-electron chi connectivity index (χ1n) is 11.8. The molecule has 0 bridgehead atoms. The van der Waals surface area contributed by atoms with E-state index in [-0.39, 0.29) is 30.9 Å². The Kier molecular flexibility index (Phi) is 9.29. The molecule has 8 nitrogen and oxygen atoms in total. The van der Waals surface area contributed by atoms with Crippen molar-refractivity contribution in [2.45, 2.75) is 6.92 Å². The molecule has 0 saturated carbocycles. The number of hydrogen-bond acceptors (Lipinski definition) is 7. The molecule has 1 aliphatic heterocycles. The molecule has 0 spiro atoms. The second-order valence-corrected chi connectivity index (χ2v) is 9.41. The van der Waals surface area contributed by atoms with Gasteiger partial charge >= 0.3 is 0 Å². The number of hydrogen-bond donors (Lipinski definition) is 1. The van der Waals surface area contributed by atoms with Gasteiger partial charge in [0.05, 0.1) is 18.1 Å². The summed E-state index contributed by atoms with van der Waals surface area (Å²) < 4.78 is 17.0. The minimum absolute atomic E-state index is 0.118. The predicted molar refractivity (Wildman–Crippen MR) is 148 cm³/mol. The van der Waals surface area contributed by atoms with E-state index in [2.05, 4.69) is 5.32 Å². The third-order valence-electron chi connectivity index (χ3n) is 5.25. The average Bonchev–Trinajstić information content (AvgIpc) is 3.17. The number of carbonyl (C=O) groups is 3. The fourth-order valence-corrected chi connectivity index (χ4v) is 4.48. The Morgan fingerprint density at radius 1 is 0.974 bits per heavy atom. The van der Waals surface area contributed by atoms with Crippen LogP contribution in [-0.4, -0.2) is 48.3 Å². The lowest BCUT2D eigenvalue weighted by Gasteiger charge is -2.13. The minimum atomic E-state index is -0.393. The van der Waals surface area contributed by atoms with E-state index < -0.39 is 5.91 Å². The Hall–Kier alpha value is -3.95. The predicted octanol–water partition coefficient (Wildman–Crippen LogP) is 5.87. The van der Waals surface area contributed by atoms with Gasteiger partial charge in [0.25, 0.3) is 17.1 Å². The monoisotopic (exact) mass is 552 g/mol. The number of anilines is 1. The Balaban J connectivity index is 1.37. The molecular formula is C28H25ClN2O6S. The maximum atomic E-state index is 12.9. The van der Waals surface area contributed by atoms with E-state index in [4.69, 9.17) is 25.8 Å². The summed E-state index contributed by atoms with van der Waals surface area (Å²) in [6, 6.07) is 21.0. The van der Waals surface area contributed by atoms with Gasteiger partial charge in [-0.15, -0.1) is 0 Å². The van der Waals surface area contributed by atoms with Crippen molar-refractivity contribution >= 4 is 52.2 Å². The van der Waals surface area contributed by atoms with Crippen LogP contribution in [0.5, 0.6) is 17.2 Å². The summed E-state index contributed by atoms with van der Waals surface area (Å²) in [4.78, 5) is 39.0. The summed E-state index contributed by atoms with van der Waals surface area (Å²) in [6.07, 6.45) is 1.62. The largest absolute Gasteiger partial charge is 0.492 e. The lowest BCUT2D eigenvalue weighted by atomic mass is 10.2. The SMILES string of the molecule is CCOc1cc(/C=C2\SC(=O)N(CCOc3ccc(Cl)cc3)C2=O)ccc1OCC(=O)Nc1ccccc1. The van der Waals surface area contributed by atoms with Gasteiger partial charge in [0.2, 0.25) is 0 Å². The smallest absolute Gasteiger partial charge is 0.293 e. The van der Waals surface area contributed by atoms with Crippen molar-refractivity contribution in [1.29, 1.82) is 0 Å². The maximum absolute atomic E-state index is 12.9. The van der Waals surface area contributed by atoms with Crippen LogP contribution in [0.25, 0.3) is 6.08 Å². The highest BCUT2D eigenvalue weighted by Crippen LogP contribution is 2.34. The average molecular weight is 553 g/mol. The Labute approximate surface area is 229 Å². The van der Waals surface area contributed by atoms with E-state index in [0.29, 0.717) is 45.0 Å². The molecule has 3 amide bonds. The summed E-state index contributed by atoms with van der Waals surface area (Å²) >= 11 is 6.73. The molecule has 4 rings (SSSR count). The number of ether oxygens (including phenoxy) is 3. The lowest BCUT2D eigenvalue weighted by Crippen LogP contribution is -2.32. The van der Waals surface area contributed by atoms with E-state index in [1.54, 1.807) is 60.7 Å². The topological polar surface area (TPSA) is 94.2 Å². The minimum Gasteiger partial charge on any atom is -0.492 e. The third-order valence-corrected chi connectivity index (χ3v) is 6.41. The van der Waals surface area contributed by atoms with Crippen LogP contribution in [0.15, 0.2) is 77.7 Å². The first kappa shape index (κ1) is 27.1. The molecule has 196 valence electrons. The van der Waals surface area contributed by atoms with Crippen molar-refractivity contribution in [3.8, 4) is 17.2 Å². The van der Waals surface area contributed by atoms with Gasteiger partial charge in [0.15, 0.2) is 18.1 Å². The molecular weight excluding hydrogens is 528 g/mol. The molecule has 1 saturated heterocycles. The lowest BCUT2D eigenvalue weighted by molar-refractivity contribution is -0.123. The summed E-state index contributed by atoms with van der Waals surface area (Å²) in [5.74, 6) is 0.705. The standard InChI is InChI=1S/C28H25ClN2O6S/c1-2-35-24-16-19(8-13-23(24)37-18-26(32)30-21-6-4-3-5-7-21)17-25-27(33)31(28(34)38-25)14-15-36-22-11-9-20(29)10-12-22/h3-13,16-17H,2,14-15,18H2,1H3,(H,30,32)/b25-17-. The normalized spacial score (nSPS) is 14.1. The second-order valence-electron chi connectivity index (χ2n) is 7.98. The molecule has 0 radical (unpaired) electrons. The summed E-state index contributed by atoms with van der Waals surface area (Å²) in [6.45, 7) is 2.28. The van der Waals surface area contributed by atoms with Gasteiger partial charge in [-0.1, -0.05) is 35.9 Å². The summed E-state index contributed by atoms with van der Waals surface area (Å²) in [5.41, 5.74) is 1.32. The van der Waals surface area contributed by atoms with Crippen molar-refractivity contribution in [2.75, 3.05) is 31.7 Å². The number of imide groups is 1. The maximum Gasteiger partial charge on any atom is 0.293 e.